The molecule has 6 rings (SSSR count). The van der Waals surface area contributed by atoms with E-state index in [1.807, 2.05) is 105 Å². The number of Topliss-reactive ketones (excluding diaryl/α,β-unsaturated/α-hetero) is 1. The molecule has 0 aliphatic carbocycles. The molecule has 3 amide bonds. The van der Waals surface area contributed by atoms with Crippen LogP contribution in [-0.4, -0.2) is 95.7 Å². The Kier molecular flexibility index (Phi) is 16.4. The normalized spacial score (nSPS) is 18.4. The Morgan fingerprint density at radius 2 is 1.32 bits per heavy atom. The summed E-state index contributed by atoms with van der Waals surface area (Å²) in [5.74, 6) is -2.18. The summed E-state index contributed by atoms with van der Waals surface area (Å²) in [5.41, 5.74) is 14.8. The van der Waals surface area contributed by atoms with Gasteiger partial charge in [-0.3, -0.25) is 28.9 Å². The Labute approximate surface area is 337 Å². The van der Waals surface area contributed by atoms with Crippen molar-refractivity contribution >= 4 is 29.5 Å². The molecule has 6 atom stereocenters. The van der Waals surface area contributed by atoms with Gasteiger partial charge in [0.25, 0.3) is 0 Å². The Hall–Kier alpha value is -4.91. The van der Waals surface area contributed by atoms with E-state index in [0.29, 0.717) is 51.7 Å². The van der Waals surface area contributed by atoms with Crippen molar-refractivity contribution in [3.05, 3.63) is 108 Å². The number of ether oxygens (including phenoxy) is 1. The van der Waals surface area contributed by atoms with Gasteiger partial charge in [-0.2, -0.15) is 0 Å². The Morgan fingerprint density at radius 3 is 1.89 bits per heavy atom. The average Bonchev–Trinajstić information content (AvgIpc) is 3.21. The lowest BCUT2D eigenvalue weighted by atomic mass is 9.86. The maximum absolute atomic E-state index is 14.1. The molecule has 0 saturated carbocycles. The van der Waals surface area contributed by atoms with Crippen LogP contribution in [0.2, 0.25) is 0 Å². The molecule has 3 fully saturated rings. The number of piperazine rings is 1. The van der Waals surface area contributed by atoms with Crippen LogP contribution in [0.15, 0.2) is 91.0 Å². The first-order chi connectivity index (χ1) is 27.5. The van der Waals surface area contributed by atoms with Gasteiger partial charge in [0.05, 0.1) is 18.6 Å². The minimum absolute atomic E-state index is 0.0289. The molecule has 3 saturated heterocycles. The molecule has 3 aromatic carbocycles. The van der Waals surface area contributed by atoms with Crippen LogP contribution >= 0.6 is 0 Å². The van der Waals surface area contributed by atoms with E-state index in [0.717, 1.165) is 23.1 Å². The molecule has 3 aromatic rings. The zero-order chi connectivity index (χ0) is 40.7. The Morgan fingerprint density at radius 1 is 0.754 bits per heavy atom. The van der Waals surface area contributed by atoms with E-state index in [1.165, 1.54) is 0 Å². The standard InChI is InChI=1S/C45H60N6O6/c1-31(2)22-35(25-41(52)40(24-33-16-8-4-9-17-33)49-44(55)38(47)23-32-14-6-3-7-15-32)43(54)48-39(20-12-13-21-46)45(56)50-27-36-26-37(28-50)51(36)29-42(53)57-30-34-18-10-5-11-19-34/h3-11,14-19,31,35-40H,12-13,20-30,46-47H2,1-2H3,(H,48,54)(H,49,55). The minimum Gasteiger partial charge on any atom is -0.460 e. The fourth-order valence-electron chi connectivity index (χ4n) is 7.89. The molecule has 3 heterocycles. The van der Waals surface area contributed by atoms with Crippen LogP contribution in [0.4, 0.5) is 0 Å². The number of rotatable bonds is 22. The van der Waals surface area contributed by atoms with Gasteiger partial charge in [-0.1, -0.05) is 105 Å². The number of nitrogens with zero attached hydrogens (tertiary/aromatic N) is 2. The van der Waals surface area contributed by atoms with Gasteiger partial charge in [0.1, 0.15) is 12.6 Å². The molecule has 6 unspecified atom stereocenters. The van der Waals surface area contributed by atoms with Gasteiger partial charge >= 0.3 is 5.97 Å². The number of esters is 1. The SMILES string of the molecule is CC(C)CC(CC(=O)C(Cc1ccccc1)NC(=O)C(N)Cc1ccccc1)C(=O)NC(CCCCN)C(=O)N1CC2CC(C1)N2CC(=O)OCc1ccccc1. The van der Waals surface area contributed by atoms with Crippen LogP contribution < -0.4 is 22.1 Å². The first-order valence-corrected chi connectivity index (χ1v) is 20.4. The molecule has 57 heavy (non-hydrogen) atoms. The molecule has 0 spiro atoms. The second-order valence-electron chi connectivity index (χ2n) is 16.0. The number of hydrogen-bond acceptors (Lipinski definition) is 9. The number of ketones is 1. The van der Waals surface area contributed by atoms with E-state index in [4.69, 9.17) is 16.2 Å². The van der Waals surface area contributed by atoms with E-state index in [2.05, 4.69) is 15.5 Å². The summed E-state index contributed by atoms with van der Waals surface area (Å²) in [6, 6.07) is 25.9. The minimum atomic E-state index is -0.898. The zero-order valence-corrected chi connectivity index (χ0v) is 33.4. The highest BCUT2D eigenvalue weighted by Gasteiger charge is 2.47. The van der Waals surface area contributed by atoms with Gasteiger partial charge in [-0.25, -0.2) is 0 Å². The Bertz CT molecular complexity index is 1750. The maximum Gasteiger partial charge on any atom is 0.320 e. The summed E-state index contributed by atoms with van der Waals surface area (Å²) in [5, 5.41) is 5.95. The summed E-state index contributed by atoms with van der Waals surface area (Å²) in [7, 11) is 0. The number of hydrogen-bond donors (Lipinski definition) is 4. The third-order valence-corrected chi connectivity index (χ3v) is 11.0. The summed E-state index contributed by atoms with van der Waals surface area (Å²) in [4.78, 5) is 72.4. The van der Waals surface area contributed by atoms with Crippen LogP contribution in [0.25, 0.3) is 0 Å². The first kappa shape index (κ1) is 43.2. The highest BCUT2D eigenvalue weighted by atomic mass is 16.5. The average molecular weight is 781 g/mol. The predicted octanol–water partition coefficient (Wildman–Crippen LogP) is 3.55. The van der Waals surface area contributed by atoms with Gasteiger partial charge in [-0.15, -0.1) is 0 Å². The number of amides is 3. The molecular formula is C45H60N6O6. The molecule has 3 aliphatic rings. The fourth-order valence-corrected chi connectivity index (χ4v) is 7.89. The Balaban J connectivity index is 1.22. The van der Waals surface area contributed by atoms with Gasteiger partial charge in [0.15, 0.2) is 5.78 Å². The number of carbonyl (C=O) groups is 5. The second kappa shape index (κ2) is 21.6. The van der Waals surface area contributed by atoms with E-state index in [-0.39, 0.29) is 67.6 Å². The molecular weight excluding hydrogens is 721 g/mol. The van der Waals surface area contributed by atoms with Crippen LogP contribution in [0, 0.1) is 11.8 Å². The van der Waals surface area contributed by atoms with Crippen LogP contribution in [-0.2, 0) is 48.2 Å². The predicted molar refractivity (Wildman–Crippen MR) is 219 cm³/mol. The molecule has 3 aliphatic heterocycles. The van der Waals surface area contributed by atoms with Crippen molar-refractivity contribution in [1.82, 2.24) is 20.4 Å². The summed E-state index contributed by atoms with van der Waals surface area (Å²) >= 11 is 0. The highest BCUT2D eigenvalue weighted by molar-refractivity contribution is 5.95. The monoisotopic (exact) mass is 780 g/mol. The van der Waals surface area contributed by atoms with E-state index in [1.54, 1.807) is 4.90 Å². The van der Waals surface area contributed by atoms with Crippen LogP contribution in [0.5, 0.6) is 0 Å². The quantitative estimate of drug-likeness (QED) is 0.0878. The summed E-state index contributed by atoms with van der Waals surface area (Å²) < 4.78 is 5.51. The number of fused-ring (bicyclic) bond motifs is 2. The zero-order valence-electron chi connectivity index (χ0n) is 33.4. The number of nitrogens with two attached hydrogens (primary N) is 2. The van der Waals surface area contributed by atoms with Crippen molar-refractivity contribution in [1.29, 1.82) is 0 Å². The van der Waals surface area contributed by atoms with Crippen molar-refractivity contribution in [3.63, 3.8) is 0 Å². The molecule has 306 valence electrons. The summed E-state index contributed by atoms with van der Waals surface area (Å²) in [6.07, 6.45) is 3.52. The lowest BCUT2D eigenvalue weighted by Gasteiger charge is -2.56. The number of unbranched alkanes of at least 4 members (excludes halogenated alkanes) is 1. The van der Waals surface area contributed by atoms with Crippen molar-refractivity contribution < 1.29 is 28.7 Å². The van der Waals surface area contributed by atoms with E-state index in [9.17, 15) is 24.0 Å². The lowest BCUT2D eigenvalue weighted by Crippen LogP contribution is -2.71. The van der Waals surface area contributed by atoms with Crippen molar-refractivity contribution in [2.45, 2.75) is 102 Å². The van der Waals surface area contributed by atoms with E-state index >= 15 is 0 Å². The topological polar surface area (TPSA) is 177 Å². The molecule has 12 heteroatoms. The van der Waals surface area contributed by atoms with Gasteiger partial charge in [-0.05, 0) is 74.1 Å². The first-order valence-electron chi connectivity index (χ1n) is 20.4. The number of benzene rings is 3. The van der Waals surface area contributed by atoms with Crippen molar-refractivity contribution in [3.8, 4) is 0 Å². The van der Waals surface area contributed by atoms with Crippen LogP contribution in [0.1, 0.15) is 69.1 Å². The second-order valence-corrected chi connectivity index (χ2v) is 16.0. The lowest BCUT2D eigenvalue weighted by molar-refractivity contribution is -0.159. The molecule has 12 nitrogen and oxygen atoms in total. The van der Waals surface area contributed by atoms with E-state index < -0.39 is 30.0 Å². The summed E-state index contributed by atoms with van der Waals surface area (Å²) in [6.45, 7) is 5.72. The van der Waals surface area contributed by atoms with Gasteiger partial charge in [0.2, 0.25) is 17.7 Å². The fraction of sp³-hybridized carbons (Fsp3) is 0.489. The van der Waals surface area contributed by atoms with Gasteiger partial charge < -0.3 is 31.7 Å². The van der Waals surface area contributed by atoms with Crippen molar-refractivity contribution in [2.75, 3.05) is 26.2 Å². The third kappa shape index (κ3) is 13.1. The van der Waals surface area contributed by atoms with Crippen molar-refractivity contribution in [2.24, 2.45) is 23.3 Å². The molecule has 2 bridgehead atoms. The molecule has 0 aromatic heterocycles. The maximum atomic E-state index is 14.1. The number of nitrogens with one attached hydrogen (secondary N) is 2. The number of carbonyl (C=O) groups excluding carboxylic acids is 5. The molecule has 0 radical (unpaired) electrons. The third-order valence-electron chi connectivity index (χ3n) is 11.0. The smallest absolute Gasteiger partial charge is 0.320 e. The highest BCUT2D eigenvalue weighted by Crippen LogP contribution is 2.32. The van der Waals surface area contributed by atoms with Crippen LogP contribution in [0.3, 0.4) is 0 Å². The largest absolute Gasteiger partial charge is 0.460 e. The number of piperidine rings is 1. The van der Waals surface area contributed by atoms with Gasteiger partial charge in [0, 0.05) is 37.5 Å². The molecule has 6 N–H and O–H groups in total.